The highest BCUT2D eigenvalue weighted by Crippen LogP contribution is 2.00. The molecule has 19 heavy (non-hydrogen) atoms. The van der Waals surface area contributed by atoms with Crippen molar-refractivity contribution >= 4 is 10.0 Å². The fraction of sp³-hybridized carbons (Fsp3) is 0.818. The van der Waals surface area contributed by atoms with E-state index in [1.54, 1.807) is 6.33 Å². The van der Waals surface area contributed by atoms with Gasteiger partial charge >= 0.3 is 0 Å². The molecule has 7 nitrogen and oxygen atoms in total. The maximum atomic E-state index is 10.8. The van der Waals surface area contributed by atoms with Gasteiger partial charge in [-0.3, -0.25) is 0 Å². The third kappa shape index (κ3) is 7.24. The van der Waals surface area contributed by atoms with Crippen molar-refractivity contribution in [3.05, 3.63) is 12.2 Å². The maximum absolute atomic E-state index is 10.8. The highest BCUT2D eigenvalue weighted by atomic mass is 32.2. The van der Waals surface area contributed by atoms with Crippen molar-refractivity contribution in [3.63, 3.8) is 0 Å². The van der Waals surface area contributed by atoms with E-state index in [1.165, 1.54) is 0 Å². The molecule has 0 aliphatic rings. The Labute approximate surface area is 114 Å². The molecule has 0 bridgehead atoms. The molecular formula is C11H23N5O2S. The third-order valence-corrected chi connectivity index (χ3v) is 3.14. The lowest BCUT2D eigenvalue weighted by Crippen LogP contribution is -2.26. The van der Waals surface area contributed by atoms with Gasteiger partial charge < -0.3 is 5.32 Å². The normalized spacial score (nSPS) is 12.2. The largest absolute Gasteiger partial charge is 0.310 e. The minimum Gasteiger partial charge on any atom is -0.310 e. The van der Waals surface area contributed by atoms with Crippen LogP contribution >= 0.6 is 0 Å². The van der Waals surface area contributed by atoms with E-state index in [-0.39, 0.29) is 0 Å². The van der Waals surface area contributed by atoms with Crippen LogP contribution in [0.3, 0.4) is 0 Å². The Morgan fingerprint density at radius 2 is 2.11 bits per heavy atom. The lowest BCUT2D eigenvalue weighted by molar-refractivity contribution is 0.457. The Morgan fingerprint density at radius 1 is 1.37 bits per heavy atom. The summed E-state index contributed by atoms with van der Waals surface area (Å²) < 4.78 is 26.0. The van der Waals surface area contributed by atoms with Crippen molar-refractivity contribution in [1.82, 2.24) is 24.8 Å². The summed E-state index contributed by atoms with van der Waals surface area (Å²) >= 11 is 0. The molecule has 0 aliphatic heterocycles. The molecule has 1 rings (SSSR count). The van der Waals surface area contributed by atoms with E-state index in [0.717, 1.165) is 31.6 Å². The summed E-state index contributed by atoms with van der Waals surface area (Å²) in [6.07, 6.45) is 3.46. The van der Waals surface area contributed by atoms with Gasteiger partial charge in [-0.25, -0.2) is 22.8 Å². The van der Waals surface area contributed by atoms with E-state index in [0.29, 0.717) is 19.0 Å². The van der Waals surface area contributed by atoms with E-state index in [1.807, 2.05) is 4.68 Å². The maximum Gasteiger partial charge on any atom is 0.208 e. The van der Waals surface area contributed by atoms with Crippen LogP contribution in [-0.2, 0) is 23.1 Å². The molecule has 8 heteroatoms. The van der Waals surface area contributed by atoms with Crippen LogP contribution in [0.4, 0.5) is 0 Å². The van der Waals surface area contributed by atoms with Crippen LogP contribution in [0.5, 0.6) is 0 Å². The number of nitrogens with zero attached hydrogens (tertiary/aromatic N) is 3. The SMILES string of the molecule is CC(C)Cn1ncnc1CNCCCNS(C)(=O)=O. The number of rotatable bonds is 9. The molecule has 1 heterocycles. The summed E-state index contributed by atoms with van der Waals surface area (Å²) in [5.41, 5.74) is 0. The second kappa shape index (κ2) is 7.56. The molecule has 2 N–H and O–H groups in total. The lowest BCUT2D eigenvalue weighted by atomic mass is 10.2. The van der Waals surface area contributed by atoms with Gasteiger partial charge in [0.1, 0.15) is 12.2 Å². The molecule has 0 saturated carbocycles. The van der Waals surface area contributed by atoms with Crippen LogP contribution in [0.25, 0.3) is 0 Å². The second-order valence-corrected chi connectivity index (χ2v) is 6.78. The molecule has 0 saturated heterocycles. The molecule has 0 atom stereocenters. The first-order valence-corrected chi connectivity index (χ1v) is 8.29. The molecule has 1 aromatic rings. The van der Waals surface area contributed by atoms with Crippen molar-refractivity contribution in [2.45, 2.75) is 33.4 Å². The van der Waals surface area contributed by atoms with Gasteiger partial charge in [-0.05, 0) is 18.9 Å². The average molecular weight is 289 g/mol. The topological polar surface area (TPSA) is 88.9 Å². The van der Waals surface area contributed by atoms with Crippen LogP contribution in [0, 0.1) is 5.92 Å². The van der Waals surface area contributed by atoms with E-state index < -0.39 is 10.0 Å². The van der Waals surface area contributed by atoms with Gasteiger partial charge in [0.25, 0.3) is 0 Å². The van der Waals surface area contributed by atoms with Crippen molar-refractivity contribution in [1.29, 1.82) is 0 Å². The molecule has 110 valence electrons. The first-order chi connectivity index (χ1) is 8.88. The molecular weight excluding hydrogens is 266 g/mol. The number of hydrogen-bond acceptors (Lipinski definition) is 5. The Kier molecular flexibility index (Phi) is 6.40. The highest BCUT2D eigenvalue weighted by Gasteiger charge is 2.05. The van der Waals surface area contributed by atoms with Crippen LogP contribution in [0.15, 0.2) is 6.33 Å². The predicted molar refractivity (Wildman–Crippen MR) is 74.0 cm³/mol. The number of aromatic nitrogens is 3. The number of sulfonamides is 1. The summed E-state index contributed by atoms with van der Waals surface area (Å²) in [7, 11) is -3.08. The standard InChI is InChI=1S/C11H23N5O2S/c1-10(2)8-16-11(13-9-14-16)7-12-5-4-6-15-19(3,17)18/h9-10,12,15H,4-8H2,1-3H3. The van der Waals surface area contributed by atoms with Crippen molar-refractivity contribution in [2.75, 3.05) is 19.3 Å². The van der Waals surface area contributed by atoms with Crippen molar-refractivity contribution in [2.24, 2.45) is 5.92 Å². The van der Waals surface area contributed by atoms with Crippen LogP contribution in [0.1, 0.15) is 26.1 Å². The number of hydrogen-bond donors (Lipinski definition) is 2. The molecule has 0 spiro atoms. The average Bonchev–Trinajstić information content (AvgIpc) is 2.68. The minimum atomic E-state index is -3.08. The van der Waals surface area contributed by atoms with Gasteiger partial charge in [-0.1, -0.05) is 13.8 Å². The van der Waals surface area contributed by atoms with Gasteiger partial charge in [0.05, 0.1) is 12.8 Å². The summed E-state index contributed by atoms with van der Waals surface area (Å²) in [4.78, 5) is 4.20. The minimum absolute atomic E-state index is 0.449. The second-order valence-electron chi connectivity index (χ2n) is 4.95. The Hall–Kier alpha value is -0.990. The lowest BCUT2D eigenvalue weighted by Gasteiger charge is -2.09. The summed E-state index contributed by atoms with van der Waals surface area (Å²) in [5, 5.41) is 7.41. The van der Waals surface area contributed by atoms with Gasteiger partial charge in [-0.2, -0.15) is 5.10 Å². The predicted octanol–water partition coefficient (Wildman–Crippen LogP) is -0.0370. The van der Waals surface area contributed by atoms with Crippen molar-refractivity contribution < 1.29 is 8.42 Å². The van der Waals surface area contributed by atoms with Crippen LogP contribution < -0.4 is 10.0 Å². The van der Waals surface area contributed by atoms with E-state index in [4.69, 9.17) is 0 Å². The van der Waals surface area contributed by atoms with Gasteiger partial charge in [0.15, 0.2) is 0 Å². The molecule has 0 aliphatic carbocycles. The fourth-order valence-corrected chi connectivity index (χ4v) is 2.11. The molecule has 0 aromatic carbocycles. The van der Waals surface area contributed by atoms with Crippen LogP contribution in [-0.4, -0.2) is 42.5 Å². The van der Waals surface area contributed by atoms with E-state index >= 15 is 0 Å². The van der Waals surface area contributed by atoms with E-state index in [2.05, 4.69) is 34.0 Å². The van der Waals surface area contributed by atoms with Crippen molar-refractivity contribution in [3.8, 4) is 0 Å². The molecule has 1 aromatic heterocycles. The smallest absolute Gasteiger partial charge is 0.208 e. The highest BCUT2D eigenvalue weighted by molar-refractivity contribution is 7.88. The molecule has 0 fully saturated rings. The molecule has 0 amide bonds. The zero-order valence-corrected chi connectivity index (χ0v) is 12.6. The zero-order chi connectivity index (χ0) is 14.3. The van der Waals surface area contributed by atoms with E-state index in [9.17, 15) is 8.42 Å². The van der Waals surface area contributed by atoms with Crippen LogP contribution in [0.2, 0.25) is 0 Å². The molecule has 0 unspecified atom stereocenters. The van der Waals surface area contributed by atoms with Gasteiger partial charge in [0, 0.05) is 13.1 Å². The Balaban J connectivity index is 2.21. The fourth-order valence-electron chi connectivity index (χ4n) is 1.59. The summed E-state index contributed by atoms with van der Waals surface area (Å²) in [5.74, 6) is 1.43. The Morgan fingerprint density at radius 3 is 2.74 bits per heavy atom. The first kappa shape index (κ1) is 16.1. The Bertz CT molecular complexity index is 469. The number of nitrogens with one attached hydrogen (secondary N) is 2. The monoisotopic (exact) mass is 289 g/mol. The molecule has 0 radical (unpaired) electrons. The van der Waals surface area contributed by atoms with Gasteiger partial charge in [0.2, 0.25) is 10.0 Å². The van der Waals surface area contributed by atoms with Gasteiger partial charge in [-0.15, -0.1) is 0 Å². The third-order valence-electron chi connectivity index (χ3n) is 2.41. The summed E-state index contributed by atoms with van der Waals surface area (Å²) in [6, 6.07) is 0. The first-order valence-electron chi connectivity index (χ1n) is 6.40. The quantitative estimate of drug-likeness (QED) is 0.623. The zero-order valence-electron chi connectivity index (χ0n) is 11.8. The summed E-state index contributed by atoms with van der Waals surface area (Å²) in [6.45, 7) is 6.95.